The summed E-state index contributed by atoms with van der Waals surface area (Å²) in [6.45, 7) is 3.85. The first-order chi connectivity index (χ1) is 17.7. The molecular formula is C27H25F3N4O3. The Kier molecular flexibility index (Phi) is 5.32. The number of urea groups is 1. The van der Waals surface area contributed by atoms with Gasteiger partial charge in [0, 0.05) is 30.4 Å². The fraction of sp³-hybridized carbons (Fsp3) is 0.370. The minimum atomic E-state index is -4.83. The quantitative estimate of drug-likeness (QED) is 0.411. The molecule has 2 aliphatic heterocycles. The molecule has 192 valence electrons. The Morgan fingerprint density at radius 2 is 1.65 bits per heavy atom. The number of hydrogen-bond donors (Lipinski definition) is 0. The third-order valence-electron chi connectivity index (χ3n) is 7.62. The Morgan fingerprint density at radius 1 is 0.973 bits per heavy atom. The van der Waals surface area contributed by atoms with Crippen molar-refractivity contribution in [2.45, 2.75) is 44.5 Å². The summed E-state index contributed by atoms with van der Waals surface area (Å²) in [5.41, 5.74) is 1.53. The number of piperidine rings is 1. The van der Waals surface area contributed by atoms with Crippen molar-refractivity contribution in [3.8, 4) is 5.75 Å². The molecule has 6 rings (SSSR count). The number of pyridine rings is 1. The van der Waals surface area contributed by atoms with Crippen LogP contribution in [0.2, 0.25) is 0 Å². The first kappa shape index (κ1) is 23.6. The number of carbonyl (C=O) groups is 2. The third-order valence-corrected chi connectivity index (χ3v) is 7.62. The number of ether oxygens (including phenoxy) is 1. The molecule has 3 aliphatic rings. The van der Waals surface area contributed by atoms with Crippen LogP contribution in [0.4, 0.5) is 35.0 Å². The maximum Gasteiger partial charge on any atom is 0.573 e. The minimum absolute atomic E-state index is 0.0738. The van der Waals surface area contributed by atoms with Gasteiger partial charge in [0.2, 0.25) is 0 Å². The smallest absolute Gasteiger partial charge is 0.406 e. The van der Waals surface area contributed by atoms with Crippen molar-refractivity contribution in [2.75, 3.05) is 27.8 Å². The van der Waals surface area contributed by atoms with E-state index in [1.807, 2.05) is 25.1 Å². The minimum Gasteiger partial charge on any atom is -0.406 e. The summed E-state index contributed by atoms with van der Waals surface area (Å²) in [6.07, 6.45) is 0.752. The Morgan fingerprint density at radius 3 is 2.30 bits per heavy atom. The van der Waals surface area contributed by atoms with E-state index in [-0.39, 0.29) is 17.5 Å². The highest BCUT2D eigenvalue weighted by atomic mass is 19.4. The summed E-state index contributed by atoms with van der Waals surface area (Å²) in [6, 6.07) is 12.0. The summed E-state index contributed by atoms with van der Waals surface area (Å²) in [4.78, 5) is 37.0. The zero-order chi connectivity index (χ0) is 25.9. The van der Waals surface area contributed by atoms with Gasteiger partial charge in [-0.1, -0.05) is 6.92 Å². The molecule has 3 heterocycles. The van der Waals surface area contributed by atoms with Gasteiger partial charge >= 0.3 is 12.4 Å². The van der Waals surface area contributed by atoms with Crippen molar-refractivity contribution in [1.82, 2.24) is 4.98 Å². The molecule has 37 heavy (non-hydrogen) atoms. The van der Waals surface area contributed by atoms with Crippen LogP contribution in [-0.2, 0) is 4.79 Å². The zero-order valence-electron chi connectivity index (χ0n) is 20.2. The van der Waals surface area contributed by atoms with Gasteiger partial charge in [-0.2, -0.15) is 0 Å². The van der Waals surface area contributed by atoms with Gasteiger partial charge in [0.25, 0.3) is 5.91 Å². The third kappa shape index (κ3) is 3.86. The van der Waals surface area contributed by atoms with Gasteiger partial charge in [-0.15, -0.1) is 13.2 Å². The van der Waals surface area contributed by atoms with E-state index < -0.39 is 23.7 Å². The van der Waals surface area contributed by atoms with Gasteiger partial charge in [-0.25, -0.2) is 9.69 Å². The first-order valence-corrected chi connectivity index (χ1v) is 12.4. The summed E-state index contributed by atoms with van der Waals surface area (Å²) in [7, 11) is 0. The molecule has 1 aliphatic carbocycles. The molecule has 2 unspecified atom stereocenters. The molecule has 10 heteroatoms. The van der Waals surface area contributed by atoms with Gasteiger partial charge in [0.1, 0.15) is 11.3 Å². The SMILES string of the molecule is CC1CC12C(=O)N(c1ccc(OC(F)(F)F)cc1)C(=O)N2c1ccnc2ccc(N3CCCCC3)cc12. The van der Waals surface area contributed by atoms with Crippen LogP contribution in [0.5, 0.6) is 5.75 Å². The summed E-state index contributed by atoms with van der Waals surface area (Å²) in [5.74, 6) is -0.881. The van der Waals surface area contributed by atoms with E-state index in [9.17, 15) is 22.8 Å². The number of hydrogen-bond acceptors (Lipinski definition) is 5. The van der Waals surface area contributed by atoms with Gasteiger partial charge in [-0.05, 0) is 80.1 Å². The number of aromatic nitrogens is 1. The number of nitrogens with zero attached hydrogens (tertiary/aromatic N) is 4. The molecule has 2 saturated heterocycles. The highest BCUT2D eigenvalue weighted by Gasteiger charge is 2.70. The number of halogens is 3. The lowest BCUT2D eigenvalue weighted by atomic mass is 10.1. The maximum atomic E-state index is 13.9. The second kappa shape index (κ2) is 8.36. The number of fused-ring (bicyclic) bond motifs is 1. The summed E-state index contributed by atoms with van der Waals surface area (Å²) >= 11 is 0. The predicted octanol–water partition coefficient (Wildman–Crippen LogP) is 5.88. The average Bonchev–Trinajstić information content (AvgIpc) is 3.50. The lowest BCUT2D eigenvalue weighted by molar-refractivity contribution is -0.274. The zero-order valence-corrected chi connectivity index (χ0v) is 20.2. The number of amides is 3. The van der Waals surface area contributed by atoms with Crippen molar-refractivity contribution < 1.29 is 27.5 Å². The number of carbonyl (C=O) groups excluding carboxylic acids is 2. The lowest BCUT2D eigenvalue weighted by Crippen LogP contribution is -2.39. The van der Waals surface area contributed by atoms with E-state index in [0.29, 0.717) is 17.6 Å². The van der Waals surface area contributed by atoms with Crippen LogP contribution in [0.15, 0.2) is 54.7 Å². The topological polar surface area (TPSA) is 66.0 Å². The van der Waals surface area contributed by atoms with Crippen LogP contribution in [0, 0.1) is 5.92 Å². The van der Waals surface area contributed by atoms with E-state index >= 15 is 0 Å². The molecule has 1 saturated carbocycles. The Labute approximate surface area is 211 Å². The standard InChI is InChI=1S/C27H25F3N4O3/c1-17-16-26(17)24(35)33(18-5-8-20(9-6-18)37-27(28,29)30)25(36)34(26)23-11-12-31-22-10-7-19(15-21(22)23)32-13-3-2-4-14-32/h5-12,15,17H,2-4,13-14,16H2,1H3. The average molecular weight is 511 g/mol. The van der Waals surface area contributed by atoms with Crippen molar-refractivity contribution in [1.29, 1.82) is 0 Å². The molecular weight excluding hydrogens is 485 g/mol. The molecule has 0 bridgehead atoms. The van der Waals surface area contributed by atoms with Crippen LogP contribution in [-0.4, -0.2) is 41.9 Å². The van der Waals surface area contributed by atoms with Crippen molar-refractivity contribution in [3.63, 3.8) is 0 Å². The Bertz CT molecular complexity index is 1390. The fourth-order valence-corrected chi connectivity index (χ4v) is 5.67. The second-order valence-electron chi connectivity index (χ2n) is 9.91. The second-order valence-corrected chi connectivity index (χ2v) is 9.91. The van der Waals surface area contributed by atoms with Gasteiger partial charge in [-0.3, -0.25) is 14.7 Å². The van der Waals surface area contributed by atoms with Crippen LogP contribution in [0.1, 0.15) is 32.6 Å². The van der Waals surface area contributed by atoms with Crippen LogP contribution >= 0.6 is 0 Å². The van der Waals surface area contributed by atoms with Crippen molar-refractivity contribution in [2.24, 2.45) is 5.92 Å². The van der Waals surface area contributed by atoms with Crippen molar-refractivity contribution in [3.05, 3.63) is 54.7 Å². The van der Waals surface area contributed by atoms with Crippen molar-refractivity contribution >= 4 is 39.9 Å². The molecule has 1 aromatic heterocycles. The normalized spacial score (nSPS) is 23.9. The van der Waals surface area contributed by atoms with E-state index in [1.165, 1.54) is 18.6 Å². The van der Waals surface area contributed by atoms with Gasteiger partial charge < -0.3 is 9.64 Å². The lowest BCUT2D eigenvalue weighted by Gasteiger charge is -2.29. The molecule has 0 N–H and O–H groups in total. The Balaban J connectivity index is 1.40. The Hall–Kier alpha value is -3.82. The highest BCUT2D eigenvalue weighted by Crippen LogP contribution is 2.56. The van der Waals surface area contributed by atoms with Gasteiger partial charge in [0.05, 0.1) is 16.9 Å². The van der Waals surface area contributed by atoms with E-state index in [2.05, 4.69) is 14.6 Å². The van der Waals surface area contributed by atoms with E-state index in [1.54, 1.807) is 17.2 Å². The predicted molar refractivity (Wildman–Crippen MR) is 133 cm³/mol. The molecule has 2 atom stereocenters. The van der Waals surface area contributed by atoms with Crippen LogP contribution in [0.3, 0.4) is 0 Å². The molecule has 3 amide bonds. The van der Waals surface area contributed by atoms with Gasteiger partial charge in [0.15, 0.2) is 0 Å². The molecule has 2 aromatic carbocycles. The maximum absolute atomic E-state index is 13.9. The number of alkyl halides is 3. The number of rotatable bonds is 4. The molecule has 3 aromatic rings. The largest absolute Gasteiger partial charge is 0.573 e. The van der Waals surface area contributed by atoms with E-state index in [4.69, 9.17) is 0 Å². The van der Waals surface area contributed by atoms with Crippen LogP contribution in [0.25, 0.3) is 10.9 Å². The fourth-order valence-electron chi connectivity index (χ4n) is 5.67. The van der Waals surface area contributed by atoms with Crippen LogP contribution < -0.4 is 19.4 Å². The number of anilines is 3. The monoisotopic (exact) mass is 510 g/mol. The highest BCUT2D eigenvalue weighted by molar-refractivity contribution is 6.33. The molecule has 1 spiro atoms. The molecule has 3 fully saturated rings. The summed E-state index contributed by atoms with van der Waals surface area (Å²) in [5, 5.41) is 0.779. The van der Waals surface area contributed by atoms with E-state index in [0.717, 1.165) is 54.0 Å². The number of imide groups is 1. The first-order valence-electron chi connectivity index (χ1n) is 12.4. The summed E-state index contributed by atoms with van der Waals surface area (Å²) < 4.78 is 41.7. The number of benzene rings is 2. The molecule has 0 radical (unpaired) electrons. The molecule has 7 nitrogen and oxygen atoms in total.